The van der Waals surface area contributed by atoms with Crippen LogP contribution in [0, 0.1) is 5.82 Å². The summed E-state index contributed by atoms with van der Waals surface area (Å²) in [7, 11) is 0. The highest BCUT2D eigenvalue weighted by Crippen LogP contribution is 2.23. The average Bonchev–Trinajstić information content (AvgIpc) is 2.44. The van der Waals surface area contributed by atoms with E-state index in [1.54, 1.807) is 23.9 Å². The number of halogens is 2. The Kier molecular flexibility index (Phi) is 5.80. The Hall–Kier alpha value is -1.13. The fraction of sp³-hybridized carbons (Fsp3) is 0.188. The third-order valence-electron chi connectivity index (χ3n) is 2.78. The van der Waals surface area contributed by atoms with Crippen LogP contribution in [-0.4, -0.2) is 11.5 Å². The molecule has 2 aromatic rings. The molecule has 0 heterocycles. The highest BCUT2D eigenvalue weighted by Gasteiger charge is 2.05. The van der Waals surface area contributed by atoms with Crippen LogP contribution >= 0.6 is 27.7 Å². The topological polar surface area (TPSA) is 17.1 Å². The van der Waals surface area contributed by atoms with E-state index in [4.69, 9.17) is 0 Å². The highest BCUT2D eigenvalue weighted by molar-refractivity contribution is 9.10. The van der Waals surface area contributed by atoms with Crippen molar-refractivity contribution in [2.45, 2.75) is 17.7 Å². The van der Waals surface area contributed by atoms with Gasteiger partial charge >= 0.3 is 0 Å². The lowest BCUT2D eigenvalue weighted by atomic mass is 10.1. The fourth-order valence-corrected chi connectivity index (χ4v) is 3.22. The predicted octanol–water partition coefficient (Wildman–Crippen LogP) is 5.34. The summed E-state index contributed by atoms with van der Waals surface area (Å²) in [6.45, 7) is 0. The first-order valence-electron chi connectivity index (χ1n) is 6.32. The zero-order valence-electron chi connectivity index (χ0n) is 10.8. The summed E-state index contributed by atoms with van der Waals surface area (Å²) in [6, 6.07) is 13.8. The van der Waals surface area contributed by atoms with Crippen LogP contribution in [0.5, 0.6) is 0 Å². The third kappa shape index (κ3) is 4.76. The predicted molar refractivity (Wildman–Crippen MR) is 84.8 cm³/mol. The maximum Gasteiger partial charge on any atom is 0.162 e. The molecule has 2 aromatic carbocycles. The molecular weight excluding hydrogens is 339 g/mol. The van der Waals surface area contributed by atoms with E-state index in [0.29, 0.717) is 12.0 Å². The Morgan fingerprint density at radius 1 is 1.15 bits per heavy atom. The minimum absolute atomic E-state index is 0.0693. The zero-order valence-corrected chi connectivity index (χ0v) is 13.2. The molecule has 2 rings (SSSR count). The third-order valence-corrected chi connectivity index (χ3v) is 4.35. The SMILES string of the molecule is O=C(CCCSc1cccc(Br)c1)c1ccc(F)cc1. The molecule has 0 aromatic heterocycles. The summed E-state index contributed by atoms with van der Waals surface area (Å²) in [6.07, 6.45) is 1.31. The number of rotatable bonds is 6. The molecule has 0 aliphatic carbocycles. The smallest absolute Gasteiger partial charge is 0.162 e. The molecule has 0 bridgehead atoms. The second-order valence-corrected chi connectivity index (χ2v) is 6.42. The van der Waals surface area contributed by atoms with E-state index in [-0.39, 0.29) is 11.6 Å². The number of carbonyl (C=O) groups excluding carboxylic acids is 1. The van der Waals surface area contributed by atoms with E-state index in [1.165, 1.54) is 17.0 Å². The van der Waals surface area contributed by atoms with Gasteiger partial charge in [0.1, 0.15) is 5.82 Å². The fourth-order valence-electron chi connectivity index (χ4n) is 1.76. The molecule has 0 fully saturated rings. The molecule has 0 aliphatic heterocycles. The first-order chi connectivity index (χ1) is 9.65. The van der Waals surface area contributed by atoms with Gasteiger partial charge in [-0.25, -0.2) is 4.39 Å². The number of ketones is 1. The Balaban J connectivity index is 1.76. The van der Waals surface area contributed by atoms with Crippen molar-refractivity contribution in [3.05, 3.63) is 64.4 Å². The van der Waals surface area contributed by atoms with Crippen molar-refractivity contribution >= 4 is 33.5 Å². The number of hydrogen-bond acceptors (Lipinski definition) is 2. The van der Waals surface area contributed by atoms with E-state index in [0.717, 1.165) is 16.6 Å². The summed E-state index contributed by atoms with van der Waals surface area (Å²) >= 11 is 5.16. The first-order valence-corrected chi connectivity index (χ1v) is 8.10. The van der Waals surface area contributed by atoms with Crippen molar-refractivity contribution in [2.75, 3.05) is 5.75 Å². The highest BCUT2D eigenvalue weighted by atomic mass is 79.9. The zero-order chi connectivity index (χ0) is 14.4. The Bertz CT molecular complexity index is 583. The summed E-state index contributed by atoms with van der Waals surface area (Å²) in [5, 5.41) is 0. The molecule has 0 radical (unpaired) electrons. The van der Waals surface area contributed by atoms with Crippen molar-refractivity contribution < 1.29 is 9.18 Å². The van der Waals surface area contributed by atoms with Crippen LogP contribution in [0.25, 0.3) is 0 Å². The van der Waals surface area contributed by atoms with E-state index in [2.05, 4.69) is 28.1 Å². The average molecular weight is 353 g/mol. The van der Waals surface area contributed by atoms with Gasteiger partial charge in [0, 0.05) is 21.4 Å². The number of carbonyl (C=O) groups is 1. The largest absolute Gasteiger partial charge is 0.294 e. The van der Waals surface area contributed by atoms with Gasteiger partial charge in [-0.2, -0.15) is 0 Å². The molecule has 0 amide bonds. The van der Waals surface area contributed by atoms with Gasteiger partial charge in [-0.3, -0.25) is 4.79 Å². The van der Waals surface area contributed by atoms with E-state index in [9.17, 15) is 9.18 Å². The van der Waals surface area contributed by atoms with Gasteiger partial charge in [0.25, 0.3) is 0 Å². The lowest BCUT2D eigenvalue weighted by Crippen LogP contribution is -1.99. The maximum atomic E-state index is 12.8. The molecule has 0 aliphatic rings. The molecule has 104 valence electrons. The minimum atomic E-state index is -0.313. The molecule has 0 saturated heterocycles. The summed E-state index contributed by atoms with van der Waals surface area (Å²) in [4.78, 5) is 13.1. The van der Waals surface area contributed by atoms with Crippen molar-refractivity contribution in [3.63, 3.8) is 0 Å². The number of hydrogen-bond donors (Lipinski definition) is 0. The lowest BCUT2D eigenvalue weighted by molar-refractivity contribution is 0.0982. The summed E-state index contributed by atoms with van der Waals surface area (Å²) < 4.78 is 13.8. The molecule has 0 spiro atoms. The van der Waals surface area contributed by atoms with Crippen LogP contribution in [-0.2, 0) is 0 Å². The molecule has 0 N–H and O–H groups in total. The van der Waals surface area contributed by atoms with Crippen LogP contribution in [0.1, 0.15) is 23.2 Å². The van der Waals surface area contributed by atoms with Gasteiger partial charge in [-0.1, -0.05) is 22.0 Å². The normalized spacial score (nSPS) is 10.5. The van der Waals surface area contributed by atoms with Crippen LogP contribution in [0.4, 0.5) is 4.39 Å². The molecular formula is C16H14BrFOS. The molecule has 0 atom stereocenters. The van der Waals surface area contributed by atoms with Crippen LogP contribution < -0.4 is 0 Å². The number of thioether (sulfide) groups is 1. The van der Waals surface area contributed by atoms with Crippen molar-refractivity contribution in [3.8, 4) is 0 Å². The summed E-state index contributed by atoms with van der Waals surface area (Å²) in [5.41, 5.74) is 0.582. The van der Waals surface area contributed by atoms with Crippen LogP contribution in [0.3, 0.4) is 0 Å². The number of Topliss-reactive ketones (excluding diaryl/α,β-unsaturated/α-hetero) is 1. The molecule has 20 heavy (non-hydrogen) atoms. The van der Waals surface area contributed by atoms with Crippen molar-refractivity contribution in [2.24, 2.45) is 0 Å². The van der Waals surface area contributed by atoms with Gasteiger partial charge < -0.3 is 0 Å². The number of benzene rings is 2. The van der Waals surface area contributed by atoms with Gasteiger partial charge in [-0.05, 0) is 54.6 Å². The second-order valence-electron chi connectivity index (χ2n) is 4.34. The van der Waals surface area contributed by atoms with Crippen molar-refractivity contribution in [1.29, 1.82) is 0 Å². The Labute approximate surface area is 130 Å². The van der Waals surface area contributed by atoms with Gasteiger partial charge in [0.05, 0.1) is 0 Å². The van der Waals surface area contributed by atoms with Gasteiger partial charge in [0.15, 0.2) is 5.78 Å². The monoisotopic (exact) mass is 352 g/mol. The van der Waals surface area contributed by atoms with Gasteiger partial charge in [-0.15, -0.1) is 11.8 Å². The standard InChI is InChI=1S/C16H14BrFOS/c17-13-3-1-4-15(11-13)20-10-2-5-16(19)12-6-8-14(18)9-7-12/h1,3-4,6-9,11H,2,5,10H2. The molecule has 0 unspecified atom stereocenters. The molecule has 1 nitrogen and oxygen atoms in total. The second kappa shape index (κ2) is 7.60. The van der Waals surface area contributed by atoms with E-state index in [1.807, 2.05) is 12.1 Å². The van der Waals surface area contributed by atoms with Crippen LogP contribution in [0.2, 0.25) is 0 Å². The van der Waals surface area contributed by atoms with Gasteiger partial charge in [0.2, 0.25) is 0 Å². The molecule has 4 heteroatoms. The van der Waals surface area contributed by atoms with Crippen molar-refractivity contribution in [1.82, 2.24) is 0 Å². The maximum absolute atomic E-state index is 12.8. The van der Waals surface area contributed by atoms with E-state index < -0.39 is 0 Å². The minimum Gasteiger partial charge on any atom is -0.294 e. The van der Waals surface area contributed by atoms with Crippen LogP contribution in [0.15, 0.2) is 57.9 Å². The van der Waals surface area contributed by atoms with E-state index >= 15 is 0 Å². The quantitative estimate of drug-likeness (QED) is 0.396. The first kappa shape index (κ1) is 15.3. The Morgan fingerprint density at radius 3 is 2.60 bits per heavy atom. The lowest BCUT2D eigenvalue weighted by Gasteiger charge is -2.03. The summed E-state index contributed by atoms with van der Waals surface area (Å²) in [5.74, 6) is 0.648. The molecule has 0 saturated carbocycles. The Morgan fingerprint density at radius 2 is 1.90 bits per heavy atom.